The smallest absolute Gasteiger partial charge is 0.337 e. The summed E-state index contributed by atoms with van der Waals surface area (Å²) in [5.41, 5.74) is -0.403. The summed E-state index contributed by atoms with van der Waals surface area (Å²) in [6, 6.07) is 5.10. The highest BCUT2D eigenvalue weighted by molar-refractivity contribution is 8.00. The molecule has 1 fully saturated rings. The molecule has 10 heteroatoms. The van der Waals surface area contributed by atoms with Gasteiger partial charge in [-0.15, -0.1) is 0 Å². The predicted octanol–water partition coefficient (Wildman–Crippen LogP) is 5.76. The molecule has 2 aromatic rings. The molecule has 1 aliphatic heterocycles. The Bertz CT molecular complexity index is 858. The molecule has 3 rings (SSSR count). The van der Waals surface area contributed by atoms with E-state index in [0.717, 1.165) is 30.9 Å². The number of hydrogen-bond acceptors (Lipinski definition) is 4. The third kappa shape index (κ3) is 4.80. The zero-order valence-electron chi connectivity index (χ0n) is 13.8. The van der Waals surface area contributed by atoms with E-state index in [-0.39, 0.29) is 21.5 Å². The number of pyridine rings is 1. The molecule has 1 amide bonds. The number of halogens is 5. The van der Waals surface area contributed by atoms with E-state index in [4.69, 9.17) is 23.2 Å². The van der Waals surface area contributed by atoms with Crippen LogP contribution in [0.3, 0.4) is 0 Å². The molecule has 0 unspecified atom stereocenters. The number of likely N-dealkylation sites (tertiary alicyclic amines) is 1. The third-order valence-corrected chi connectivity index (χ3v) is 5.32. The Morgan fingerprint density at radius 1 is 1.19 bits per heavy atom. The number of benzene rings is 1. The molecule has 0 aliphatic carbocycles. The van der Waals surface area contributed by atoms with Crippen molar-refractivity contribution in [2.75, 3.05) is 17.8 Å². The van der Waals surface area contributed by atoms with Crippen LogP contribution < -0.4 is 4.72 Å². The van der Waals surface area contributed by atoms with Crippen molar-refractivity contribution in [3.8, 4) is 0 Å². The Balaban J connectivity index is 1.82. The molecular formula is C17H14Cl2F3N3OS. The van der Waals surface area contributed by atoms with Crippen LogP contribution in [-0.2, 0) is 6.18 Å². The van der Waals surface area contributed by atoms with Gasteiger partial charge in [0.1, 0.15) is 0 Å². The van der Waals surface area contributed by atoms with Crippen molar-refractivity contribution >= 4 is 46.7 Å². The molecule has 0 spiro atoms. The monoisotopic (exact) mass is 435 g/mol. The minimum atomic E-state index is -4.55. The third-order valence-electron chi connectivity index (χ3n) is 3.97. The van der Waals surface area contributed by atoms with Crippen molar-refractivity contribution in [1.82, 2.24) is 9.88 Å². The molecule has 1 saturated heterocycles. The quantitative estimate of drug-likeness (QED) is 0.619. The largest absolute Gasteiger partial charge is 0.417 e. The van der Waals surface area contributed by atoms with Crippen molar-refractivity contribution in [3.63, 3.8) is 0 Å². The lowest BCUT2D eigenvalue weighted by Crippen LogP contribution is -2.29. The van der Waals surface area contributed by atoms with Crippen LogP contribution in [-0.4, -0.2) is 28.9 Å². The van der Waals surface area contributed by atoms with Gasteiger partial charge in [-0.25, -0.2) is 4.98 Å². The number of carbonyl (C=O) groups excluding carboxylic acids is 1. The van der Waals surface area contributed by atoms with Gasteiger partial charge in [0.2, 0.25) is 0 Å². The van der Waals surface area contributed by atoms with Gasteiger partial charge in [0, 0.05) is 24.2 Å². The fraction of sp³-hybridized carbons (Fsp3) is 0.294. The Morgan fingerprint density at radius 2 is 1.89 bits per heavy atom. The number of nitrogens with zero attached hydrogens (tertiary/aromatic N) is 2. The van der Waals surface area contributed by atoms with Gasteiger partial charge < -0.3 is 9.62 Å². The molecular weight excluding hydrogens is 422 g/mol. The molecule has 0 bridgehead atoms. The van der Waals surface area contributed by atoms with Gasteiger partial charge in [-0.2, -0.15) is 13.2 Å². The maximum Gasteiger partial charge on any atom is 0.417 e. The number of hydrogen-bond donors (Lipinski definition) is 1. The minimum absolute atomic E-state index is 0.179. The summed E-state index contributed by atoms with van der Waals surface area (Å²) in [5.74, 6) is -0.237. The molecule has 0 saturated carbocycles. The molecule has 27 heavy (non-hydrogen) atoms. The molecule has 2 heterocycles. The lowest BCUT2D eigenvalue weighted by atomic mass is 10.2. The van der Waals surface area contributed by atoms with Crippen LogP contribution >= 0.6 is 35.1 Å². The normalized spacial score (nSPS) is 14.5. The van der Waals surface area contributed by atoms with Gasteiger partial charge in [0.15, 0.2) is 5.69 Å². The van der Waals surface area contributed by atoms with Crippen molar-refractivity contribution in [2.45, 2.75) is 23.9 Å². The summed E-state index contributed by atoms with van der Waals surface area (Å²) in [7, 11) is 0. The minimum Gasteiger partial charge on any atom is -0.337 e. The summed E-state index contributed by atoms with van der Waals surface area (Å²) in [6.45, 7) is 1.31. The second-order valence-electron chi connectivity index (χ2n) is 5.89. The highest BCUT2D eigenvalue weighted by Gasteiger charge is 2.33. The molecule has 0 atom stereocenters. The average Bonchev–Trinajstić information content (AvgIpc) is 3.14. The van der Waals surface area contributed by atoms with Crippen molar-refractivity contribution in [1.29, 1.82) is 0 Å². The van der Waals surface area contributed by atoms with Gasteiger partial charge >= 0.3 is 6.18 Å². The lowest BCUT2D eigenvalue weighted by molar-refractivity contribution is -0.137. The van der Waals surface area contributed by atoms with Crippen LogP contribution in [0.2, 0.25) is 10.0 Å². The first-order valence-electron chi connectivity index (χ1n) is 8.00. The second-order valence-corrected chi connectivity index (χ2v) is 7.62. The van der Waals surface area contributed by atoms with Gasteiger partial charge in [0.25, 0.3) is 5.91 Å². The Kier molecular flexibility index (Phi) is 6.08. The Morgan fingerprint density at radius 3 is 2.56 bits per heavy atom. The van der Waals surface area contributed by atoms with E-state index in [1.165, 1.54) is 24.4 Å². The fourth-order valence-corrected chi connectivity index (χ4v) is 3.74. The fourth-order valence-electron chi connectivity index (χ4n) is 2.66. The zero-order valence-corrected chi connectivity index (χ0v) is 16.1. The van der Waals surface area contributed by atoms with Crippen LogP contribution in [0, 0.1) is 0 Å². The first-order valence-corrected chi connectivity index (χ1v) is 9.57. The number of rotatable bonds is 4. The van der Waals surface area contributed by atoms with Crippen LogP contribution in [0.15, 0.2) is 35.4 Å². The average molecular weight is 436 g/mol. The van der Waals surface area contributed by atoms with E-state index in [1.807, 2.05) is 0 Å². The van der Waals surface area contributed by atoms with E-state index in [9.17, 15) is 18.0 Å². The van der Waals surface area contributed by atoms with Gasteiger partial charge in [-0.1, -0.05) is 23.2 Å². The van der Waals surface area contributed by atoms with Crippen LogP contribution in [0.25, 0.3) is 0 Å². The zero-order chi connectivity index (χ0) is 19.6. The number of anilines is 1. The number of aromatic nitrogens is 1. The molecule has 1 aliphatic rings. The maximum absolute atomic E-state index is 13.0. The first kappa shape index (κ1) is 20.1. The van der Waals surface area contributed by atoms with Crippen molar-refractivity contribution in [2.24, 2.45) is 0 Å². The summed E-state index contributed by atoms with van der Waals surface area (Å²) < 4.78 is 41.9. The Labute approximate surface area is 168 Å². The summed E-state index contributed by atoms with van der Waals surface area (Å²) in [4.78, 5) is 18.7. The standard InChI is InChI=1S/C17H14Cl2F3N3OS/c18-10-7-14(15(23-9-10)16(26)25-5-1-2-6-25)24-27-11-3-4-13(19)12(8-11)17(20,21)22/h3-4,7-9,24H,1-2,5-6H2. The van der Waals surface area contributed by atoms with E-state index in [0.29, 0.717) is 23.8 Å². The SMILES string of the molecule is O=C(c1ncc(Cl)cc1NSc1ccc(Cl)c(C(F)(F)F)c1)N1CCCC1. The number of nitrogens with one attached hydrogen (secondary N) is 1. The number of alkyl halides is 3. The summed E-state index contributed by atoms with van der Waals surface area (Å²) in [5, 5.41) is -0.0654. The highest BCUT2D eigenvalue weighted by Crippen LogP contribution is 2.37. The van der Waals surface area contributed by atoms with Crippen molar-refractivity contribution < 1.29 is 18.0 Å². The number of amides is 1. The lowest BCUT2D eigenvalue weighted by Gasteiger charge is -2.17. The molecule has 1 aromatic heterocycles. The van der Waals surface area contributed by atoms with Crippen molar-refractivity contribution in [3.05, 3.63) is 51.8 Å². The molecule has 0 radical (unpaired) electrons. The van der Waals surface area contributed by atoms with E-state index in [2.05, 4.69) is 9.71 Å². The second kappa shape index (κ2) is 8.16. The van der Waals surface area contributed by atoms with E-state index >= 15 is 0 Å². The maximum atomic E-state index is 13.0. The summed E-state index contributed by atoms with van der Waals surface area (Å²) >= 11 is 12.5. The first-order chi connectivity index (χ1) is 12.8. The van der Waals surface area contributed by atoms with Gasteiger partial charge in [-0.3, -0.25) is 4.79 Å². The van der Waals surface area contributed by atoms with Crippen LogP contribution in [0.4, 0.5) is 18.9 Å². The molecule has 144 valence electrons. The van der Waals surface area contributed by atoms with Gasteiger partial charge in [-0.05, 0) is 49.1 Å². The number of carbonyl (C=O) groups is 1. The van der Waals surface area contributed by atoms with Crippen LogP contribution in [0.5, 0.6) is 0 Å². The topological polar surface area (TPSA) is 45.2 Å². The van der Waals surface area contributed by atoms with E-state index in [1.54, 1.807) is 4.90 Å². The molecule has 1 aromatic carbocycles. The molecule has 4 nitrogen and oxygen atoms in total. The highest BCUT2D eigenvalue weighted by atomic mass is 35.5. The molecule has 1 N–H and O–H groups in total. The van der Waals surface area contributed by atoms with Gasteiger partial charge in [0.05, 0.1) is 21.3 Å². The Hall–Kier alpha value is -1.64. The summed E-state index contributed by atoms with van der Waals surface area (Å²) in [6.07, 6.45) is -1.32. The predicted molar refractivity (Wildman–Crippen MR) is 100 cm³/mol. The van der Waals surface area contributed by atoms with Crippen LogP contribution in [0.1, 0.15) is 28.9 Å². The van der Waals surface area contributed by atoms with E-state index < -0.39 is 11.7 Å².